The Bertz CT molecular complexity index is 2200. The second-order valence-electron chi connectivity index (χ2n) is 16.3. The van der Waals surface area contributed by atoms with Gasteiger partial charge in [-0.1, -0.05) is 18.0 Å². The summed E-state index contributed by atoms with van der Waals surface area (Å²) in [5.41, 5.74) is 0.735. The van der Waals surface area contributed by atoms with Crippen LogP contribution in [-0.4, -0.2) is 119 Å². The lowest BCUT2D eigenvalue weighted by molar-refractivity contribution is -0.0246. The fourth-order valence-corrected chi connectivity index (χ4v) is 11.6. The largest absolute Gasteiger partial charge is 0.480 e. The number of piperidine rings is 1. The number of β-amino-alcohol motifs (C(OH)–C–C–N with tert-alkyl or cyclic N) is 1. The average molecular weight is 784 g/mol. The van der Waals surface area contributed by atoms with E-state index in [1.807, 2.05) is 11.0 Å². The molecule has 3 unspecified atom stereocenters. The maximum atomic E-state index is 17.5. The SMILES string of the molecule is COc1nc(-c2c(C3CC3)c(Cl)cc3[nH]ncc23)c(F)c2nc(OCC34CCCC3N(C3CCS(=O)(=O)CC3)CCC4)nc(N3CCOCC(C)(O)C3)c12. The van der Waals surface area contributed by atoms with Gasteiger partial charge in [-0.15, -0.1) is 0 Å². The molecule has 2 N–H and O–H groups in total. The number of aromatic amines is 1. The summed E-state index contributed by atoms with van der Waals surface area (Å²) in [4.78, 5) is 19.0. The number of pyridine rings is 1. The first-order chi connectivity index (χ1) is 26.0. The van der Waals surface area contributed by atoms with Crippen molar-refractivity contribution in [1.82, 2.24) is 30.0 Å². The maximum Gasteiger partial charge on any atom is 0.319 e. The molecule has 0 radical (unpaired) electrons. The number of rotatable bonds is 8. The highest BCUT2D eigenvalue weighted by molar-refractivity contribution is 7.91. The molecule has 3 aliphatic heterocycles. The highest BCUT2D eigenvalue weighted by Gasteiger charge is 2.50. The van der Waals surface area contributed by atoms with E-state index < -0.39 is 21.3 Å². The van der Waals surface area contributed by atoms with Crippen LogP contribution in [0.3, 0.4) is 0 Å². The smallest absolute Gasteiger partial charge is 0.319 e. The quantitative estimate of drug-likeness (QED) is 0.234. The lowest BCUT2D eigenvalue weighted by Gasteiger charge is -2.50. The number of methoxy groups -OCH3 is 1. The molecule has 16 heteroatoms. The van der Waals surface area contributed by atoms with E-state index in [1.54, 1.807) is 13.1 Å². The van der Waals surface area contributed by atoms with Crippen molar-refractivity contribution in [2.75, 3.05) is 63.0 Å². The van der Waals surface area contributed by atoms with E-state index in [-0.39, 0.29) is 76.6 Å². The number of aliphatic hydroxyl groups is 1. The third kappa shape index (κ3) is 6.47. The number of nitrogens with zero attached hydrogens (tertiary/aromatic N) is 6. The molecule has 3 saturated heterocycles. The van der Waals surface area contributed by atoms with Gasteiger partial charge in [-0.3, -0.25) is 10.00 Å². The van der Waals surface area contributed by atoms with Crippen molar-refractivity contribution in [3.63, 3.8) is 0 Å². The number of hydrogen-bond acceptors (Lipinski definition) is 12. The predicted molar refractivity (Wildman–Crippen MR) is 203 cm³/mol. The second kappa shape index (κ2) is 13.7. The molecule has 5 fully saturated rings. The van der Waals surface area contributed by atoms with Crippen LogP contribution in [0.25, 0.3) is 33.1 Å². The highest BCUT2D eigenvalue weighted by Crippen LogP contribution is 2.52. The number of aromatic nitrogens is 5. The molecule has 2 saturated carbocycles. The summed E-state index contributed by atoms with van der Waals surface area (Å²) in [6.45, 7) is 3.99. The Hall–Kier alpha value is -3.37. The average Bonchev–Trinajstić information content (AvgIpc) is 3.77. The van der Waals surface area contributed by atoms with Gasteiger partial charge in [-0.2, -0.15) is 15.1 Å². The summed E-state index contributed by atoms with van der Waals surface area (Å²) in [6.07, 6.45) is 9.86. The predicted octanol–water partition coefficient (Wildman–Crippen LogP) is 5.42. The van der Waals surface area contributed by atoms with Crippen molar-refractivity contribution in [3.05, 3.63) is 28.7 Å². The number of likely N-dealkylation sites (tertiary alicyclic amines) is 1. The lowest BCUT2D eigenvalue weighted by atomic mass is 9.74. The van der Waals surface area contributed by atoms with Gasteiger partial charge in [0.15, 0.2) is 5.82 Å². The van der Waals surface area contributed by atoms with E-state index in [9.17, 15) is 13.5 Å². The second-order valence-corrected chi connectivity index (χ2v) is 19.1. The lowest BCUT2D eigenvalue weighted by Crippen LogP contribution is -2.56. The molecule has 9 rings (SSSR count). The summed E-state index contributed by atoms with van der Waals surface area (Å²) < 4.78 is 60.3. The van der Waals surface area contributed by atoms with Crippen molar-refractivity contribution in [1.29, 1.82) is 0 Å². The zero-order chi connectivity index (χ0) is 37.4. The summed E-state index contributed by atoms with van der Waals surface area (Å²) in [5.74, 6) is 0.464. The Kier molecular flexibility index (Phi) is 9.19. The van der Waals surface area contributed by atoms with Gasteiger partial charge in [-0.05, 0) is 82.4 Å². The zero-order valence-corrected chi connectivity index (χ0v) is 32.3. The van der Waals surface area contributed by atoms with Crippen LogP contribution in [0, 0.1) is 11.2 Å². The molecule has 4 aromatic rings. The molecule has 1 aromatic carbocycles. The van der Waals surface area contributed by atoms with Crippen LogP contribution in [0.15, 0.2) is 12.3 Å². The molecular weight excluding hydrogens is 737 g/mol. The van der Waals surface area contributed by atoms with Gasteiger partial charge in [-0.25, -0.2) is 17.8 Å². The van der Waals surface area contributed by atoms with E-state index in [2.05, 4.69) is 15.1 Å². The molecule has 0 spiro atoms. The van der Waals surface area contributed by atoms with E-state index in [0.717, 1.165) is 57.1 Å². The minimum atomic E-state index is -2.97. The first-order valence-corrected chi connectivity index (χ1v) is 21.4. The third-order valence-corrected chi connectivity index (χ3v) is 14.5. The van der Waals surface area contributed by atoms with Gasteiger partial charge in [0.2, 0.25) is 5.88 Å². The van der Waals surface area contributed by atoms with Crippen molar-refractivity contribution >= 4 is 49.1 Å². The molecule has 13 nitrogen and oxygen atoms in total. The topological polar surface area (TPSA) is 156 Å². The summed E-state index contributed by atoms with van der Waals surface area (Å²) in [7, 11) is -1.48. The molecule has 3 atom stereocenters. The number of nitrogens with one attached hydrogen (secondary N) is 1. The van der Waals surface area contributed by atoms with Crippen LogP contribution in [0.2, 0.25) is 5.02 Å². The molecule has 6 heterocycles. The minimum absolute atomic E-state index is 0.00539. The van der Waals surface area contributed by atoms with Crippen molar-refractivity contribution in [3.8, 4) is 23.1 Å². The molecule has 5 aliphatic rings. The van der Waals surface area contributed by atoms with Crippen LogP contribution in [0.1, 0.15) is 76.2 Å². The molecule has 2 aliphatic carbocycles. The first kappa shape index (κ1) is 36.3. The Morgan fingerprint density at radius 3 is 2.69 bits per heavy atom. The van der Waals surface area contributed by atoms with E-state index in [4.69, 9.17) is 40.8 Å². The highest BCUT2D eigenvalue weighted by atomic mass is 35.5. The van der Waals surface area contributed by atoms with Gasteiger partial charge >= 0.3 is 6.01 Å². The van der Waals surface area contributed by atoms with Crippen molar-refractivity contribution in [2.24, 2.45) is 5.41 Å². The fraction of sp³-hybridized carbons (Fsp3) is 0.632. The van der Waals surface area contributed by atoms with Crippen molar-refractivity contribution in [2.45, 2.75) is 88.3 Å². The molecule has 3 aromatic heterocycles. The Morgan fingerprint density at radius 1 is 1.11 bits per heavy atom. The van der Waals surface area contributed by atoms with E-state index >= 15 is 4.39 Å². The molecule has 54 heavy (non-hydrogen) atoms. The zero-order valence-electron chi connectivity index (χ0n) is 30.7. The molecule has 0 bridgehead atoms. The normalized spacial score (nSPS) is 28.0. The van der Waals surface area contributed by atoms with Gasteiger partial charge in [0, 0.05) is 40.0 Å². The molecular formula is C38H47ClFN7O6S. The number of anilines is 1. The summed E-state index contributed by atoms with van der Waals surface area (Å²) in [5, 5.41) is 19.9. The maximum absolute atomic E-state index is 17.5. The monoisotopic (exact) mass is 783 g/mol. The first-order valence-electron chi connectivity index (χ1n) is 19.2. The summed E-state index contributed by atoms with van der Waals surface area (Å²) in [6, 6.07) is 2.35. The van der Waals surface area contributed by atoms with Crippen LogP contribution >= 0.6 is 11.6 Å². The fourth-order valence-electron chi connectivity index (χ4n) is 9.79. The molecule has 290 valence electrons. The standard InChI is InChI=1S/C38H47ClFN7O6S/c1-37(48)19-46(13-14-52-20-37)34-30-33(31(40)32(42-35(30)51-2)29-24-18-41-45-26(24)17-25(39)28(29)22-6-7-22)43-36(44-34)53-21-38-10-3-5-27(38)47(12-4-11-38)23-8-15-54(49,50)16-9-23/h17-18,22-23,27,48H,3-16,19-21H2,1-2H3,(H,41,45). The Labute approximate surface area is 318 Å². The number of hydrogen-bond donors (Lipinski definition) is 2. The van der Waals surface area contributed by atoms with Gasteiger partial charge in [0.05, 0.1) is 56.7 Å². The number of halogens is 2. The number of fused-ring (bicyclic) bond motifs is 3. The Morgan fingerprint density at radius 2 is 1.91 bits per heavy atom. The minimum Gasteiger partial charge on any atom is -0.480 e. The number of sulfone groups is 1. The van der Waals surface area contributed by atoms with Gasteiger partial charge < -0.3 is 24.2 Å². The number of H-pyrrole nitrogens is 1. The van der Waals surface area contributed by atoms with Crippen molar-refractivity contribution < 1.29 is 32.1 Å². The Balaban J connectivity index is 1.15. The van der Waals surface area contributed by atoms with E-state index in [0.29, 0.717) is 59.9 Å². The van der Waals surface area contributed by atoms with Gasteiger partial charge in [0.1, 0.15) is 37.9 Å². The number of ether oxygens (including phenoxy) is 3. The van der Waals surface area contributed by atoms with Crippen LogP contribution in [-0.2, 0) is 14.6 Å². The third-order valence-electron chi connectivity index (χ3n) is 12.4. The number of benzene rings is 1. The van der Waals surface area contributed by atoms with Crippen LogP contribution in [0.5, 0.6) is 11.9 Å². The summed E-state index contributed by atoms with van der Waals surface area (Å²) >= 11 is 6.87. The van der Waals surface area contributed by atoms with Gasteiger partial charge in [0.25, 0.3) is 0 Å². The molecule has 0 amide bonds. The van der Waals surface area contributed by atoms with Crippen LogP contribution < -0.4 is 14.4 Å². The van der Waals surface area contributed by atoms with E-state index in [1.165, 1.54) is 7.11 Å². The van der Waals surface area contributed by atoms with Crippen LogP contribution in [0.4, 0.5) is 10.2 Å².